The van der Waals surface area contributed by atoms with Crippen molar-refractivity contribution in [3.05, 3.63) is 47.5 Å². The van der Waals surface area contributed by atoms with Crippen molar-refractivity contribution >= 4 is 35.5 Å². The highest BCUT2D eigenvalue weighted by Gasteiger charge is 2.19. The van der Waals surface area contributed by atoms with Gasteiger partial charge in [0.1, 0.15) is 0 Å². The summed E-state index contributed by atoms with van der Waals surface area (Å²) in [5.41, 5.74) is 0.462. The van der Waals surface area contributed by atoms with E-state index in [0.717, 1.165) is 19.6 Å². The molecule has 2 aromatic carbocycles. The van der Waals surface area contributed by atoms with E-state index in [-0.39, 0.29) is 11.1 Å². The average Bonchev–Trinajstić information content (AvgIpc) is 2.43. The predicted octanol–water partition coefficient (Wildman–Crippen LogP) is 3.70. The third-order valence-corrected chi connectivity index (χ3v) is 5.35. The fraction of sp³-hybridized carbons (Fsp3) is 0. The lowest BCUT2D eigenvalue weighted by Gasteiger charge is -2.18. The normalized spacial score (nSPS) is 12.4. The lowest BCUT2D eigenvalue weighted by molar-refractivity contribution is 0.0685. The number of aromatic carboxylic acids is 2. The molecule has 6 heteroatoms. The first-order valence-electron chi connectivity index (χ1n) is 5.65. The maximum absolute atomic E-state index is 11.0. The van der Waals surface area contributed by atoms with Crippen LogP contribution in [0.2, 0.25) is 0 Å². The van der Waals surface area contributed by atoms with Crippen LogP contribution in [0.3, 0.4) is 0 Å². The Balaban J connectivity index is 2.03. The molecule has 0 amide bonds. The van der Waals surface area contributed by atoms with Crippen molar-refractivity contribution in [3.63, 3.8) is 0 Å². The van der Waals surface area contributed by atoms with Crippen LogP contribution in [0.25, 0.3) is 0 Å². The quantitative estimate of drug-likeness (QED) is 0.752. The van der Waals surface area contributed by atoms with Crippen LogP contribution in [0, 0.1) is 0 Å². The third-order valence-electron chi connectivity index (χ3n) is 2.82. The molecule has 1 aliphatic rings. The molecule has 4 nitrogen and oxygen atoms in total. The van der Waals surface area contributed by atoms with Crippen LogP contribution in [0.1, 0.15) is 20.7 Å². The van der Waals surface area contributed by atoms with E-state index in [1.807, 2.05) is 0 Å². The van der Waals surface area contributed by atoms with E-state index in [4.69, 9.17) is 10.2 Å². The molecule has 0 aliphatic carbocycles. The first-order valence-corrected chi connectivity index (χ1v) is 7.28. The van der Waals surface area contributed by atoms with E-state index in [9.17, 15) is 9.59 Å². The SMILES string of the molecule is O=C(O)c1ccc2c(c1)Sc1cc(C(=O)O)ccc1S2. The number of benzene rings is 2. The molecule has 0 saturated carbocycles. The molecule has 0 aromatic heterocycles. The standard InChI is InChI=1S/C14H8O4S2/c15-13(16)7-1-3-9-11(5-7)20-12-6-8(14(17)18)2-4-10(12)19-9/h1-6H,(H,15,16)(H,17,18). The van der Waals surface area contributed by atoms with Gasteiger partial charge >= 0.3 is 11.9 Å². The van der Waals surface area contributed by atoms with Gasteiger partial charge in [-0.05, 0) is 36.4 Å². The molecule has 3 rings (SSSR count). The minimum Gasteiger partial charge on any atom is -0.478 e. The summed E-state index contributed by atoms with van der Waals surface area (Å²) in [5, 5.41) is 18.0. The van der Waals surface area contributed by atoms with Crippen molar-refractivity contribution in [1.82, 2.24) is 0 Å². The van der Waals surface area contributed by atoms with Crippen molar-refractivity contribution in [2.45, 2.75) is 19.6 Å². The molecule has 2 N–H and O–H groups in total. The fourth-order valence-corrected chi connectivity index (χ4v) is 4.12. The minimum atomic E-state index is -0.969. The van der Waals surface area contributed by atoms with Crippen molar-refractivity contribution in [2.75, 3.05) is 0 Å². The summed E-state index contributed by atoms with van der Waals surface area (Å²) >= 11 is 2.91. The molecule has 1 heterocycles. The molecule has 1 aliphatic heterocycles. The van der Waals surface area contributed by atoms with E-state index in [2.05, 4.69) is 0 Å². The van der Waals surface area contributed by atoms with Crippen LogP contribution in [-0.4, -0.2) is 22.2 Å². The van der Waals surface area contributed by atoms with E-state index < -0.39 is 11.9 Å². The van der Waals surface area contributed by atoms with Crippen LogP contribution in [0.15, 0.2) is 56.0 Å². The van der Waals surface area contributed by atoms with Crippen LogP contribution < -0.4 is 0 Å². The molecule has 0 unspecified atom stereocenters. The molecule has 0 bridgehead atoms. The second-order valence-corrected chi connectivity index (χ2v) is 6.31. The average molecular weight is 304 g/mol. The molecule has 0 radical (unpaired) electrons. The number of rotatable bonds is 2. The first-order chi connectivity index (χ1) is 9.54. The summed E-state index contributed by atoms with van der Waals surface area (Å²) in [6, 6.07) is 9.95. The zero-order valence-electron chi connectivity index (χ0n) is 9.99. The van der Waals surface area contributed by atoms with Gasteiger partial charge in [0.2, 0.25) is 0 Å². The Bertz CT molecular complexity index is 678. The third kappa shape index (κ3) is 2.28. The van der Waals surface area contributed by atoms with Crippen molar-refractivity contribution in [1.29, 1.82) is 0 Å². The summed E-state index contributed by atoms with van der Waals surface area (Å²) in [5.74, 6) is -1.94. The number of hydrogen-bond acceptors (Lipinski definition) is 4. The molecule has 0 spiro atoms. The van der Waals surface area contributed by atoms with Crippen LogP contribution in [0.5, 0.6) is 0 Å². The zero-order chi connectivity index (χ0) is 14.3. The van der Waals surface area contributed by atoms with E-state index in [0.29, 0.717) is 0 Å². The van der Waals surface area contributed by atoms with Gasteiger partial charge in [-0.1, -0.05) is 23.5 Å². The Morgan fingerprint density at radius 2 is 1.10 bits per heavy atom. The largest absolute Gasteiger partial charge is 0.478 e. The minimum absolute atomic E-state index is 0.231. The number of carbonyl (C=O) groups is 2. The van der Waals surface area contributed by atoms with Gasteiger partial charge < -0.3 is 10.2 Å². The van der Waals surface area contributed by atoms with Crippen molar-refractivity contribution in [2.24, 2.45) is 0 Å². The smallest absolute Gasteiger partial charge is 0.335 e. The lowest BCUT2D eigenvalue weighted by atomic mass is 10.2. The first kappa shape index (κ1) is 13.1. The van der Waals surface area contributed by atoms with Crippen molar-refractivity contribution in [3.8, 4) is 0 Å². The maximum Gasteiger partial charge on any atom is 0.335 e. The highest BCUT2D eigenvalue weighted by atomic mass is 32.2. The second kappa shape index (κ2) is 4.88. The highest BCUT2D eigenvalue weighted by molar-refractivity contribution is 8.05. The topological polar surface area (TPSA) is 74.6 Å². The Morgan fingerprint density at radius 3 is 1.50 bits per heavy atom. The molecule has 20 heavy (non-hydrogen) atoms. The van der Waals surface area contributed by atoms with Gasteiger partial charge in [-0.15, -0.1) is 0 Å². The number of hydrogen-bond donors (Lipinski definition) is 2. The van der Waals surface area contributed by atoms with E-state index in [1.165, 1.54) is 23.5 Å². The van der Waals surface area contributed by atoms with Gasteiger partial charge in [0.05, 0.1) is 11.1 Å². The zero-order valence-corrected chi connectivity index (χ0v) is 11.6. The summed E-state index contributed by atoms with van der Waals surface area (Å²) < 4.78 is 0. The predicted molar refractivity (Wildman–Crippen MR) is 75.0 cm³/mol. The van der Waals surface area contributed by atoms with E-state index >= 15 is 0 Å². The number of fused-ring (bicyclic) bond motifs is 2. The summed E-state index contributed by atoms with van der Waals surface area (Å²) in [6.45, 7) is 0. The Labute approximate surface area is 122 Å². The van der Waals surface area contributed by atoms with Gasteiger partial charge in [-0.3, -0.25) is 0 Å². The molecule has 0 fully saturated rings. The highest BCUT2D eigenvalue weighted by Crippen LogP contribution is 2.48. The Morgan fingerprint density at radius 1 is 0.700 bits per heavy atom. The summed E-state index contributed by atoms with van der Waals surface area (Å²) in [4.78, 5) is 25.6. The number of carboxylic acid groups (broad SMARTS) is 2. The van der Waals surface area contributed by atoms with Crippen LogP contribution in [0.4, 0.5) is 0 Å². The van der Waals surface area contributed by atoms with Gasteiger partial charge in [0.15, 0.2) is 0 Å². The Hall–Kier alpha value is -1.92. The van der Waals surface area contributed by atoms with E-state index in [1.54, 1.807) is 36.4 Å². The molecule has 0 atom stereocenters. The van der Waals surface area contributed by atoms with Crippen LogP contribution in [-0.2, 0) is 0 Å². The van der Waals surface area contributed by atoms with Crippen molar-refractivity contribution < 1.29 is 19.8 Å². The molecular weight excluding hydrogens is 296 g/mol. The molecule has 2 aromatic rings. The Kier molecular flexibility index (Phi) is 3.19. The van der Waals surface area contributed by atoms with Gasteiger partial charge in [-0.25, -0.2) is 9.59 Å². The lowest BCUT2D eigenvalue weighted by Crippen LogP contribution is -2.00. The summed E-state index contributed by atoms with van der Waals surface area (Å²) in [6.07, 6.45) is 0. The van der Waals surface area contributed by atoms with Gasteiger partial charge in [0.25, 0.3) is 0 Å². The van der Waals surface area contributed by atoms with Crippen LogP contribution >= 0.6 is 23.5 Å². The number of carboxylic acids is 2. The molecule has 100 valence electrons. The van der Waals surface area contributed by atoms with Gasteiger partial charge in [0, 0.05) is 19.6 Å². The second-order valence-electron chi connectivity index (χ2n) is 4.14. The molecule has 0 saturated heterocycles. The maximum atomic E-state index is 11.0. The monoisotopic (exact) mass is 304 g/mol. The summed E-state index contributed by atoms with van der Waals surface area (Å²) in [7, 11) is 0. The fourth-order valence-electron chi connectivity index (χ4n) is 1.85. The molecular formula is C14H8O4S2. The van der Waals surface area contributed by atoms with Gasteiger partial charge in [-0.2, -0.15) is 0 Å².